The average Bonchev–Trinajstić information content (AvgIpc) is 2.43. The Balaban J connectivity index is 2.10. The molecule has 2 aromatic carbocycles. The van der Waals surface area contributed by atoms with Crippen molar-refractivity contribution in [3.8, 4) is 0 Å². The highest BCUT2D eigenvalue weighted by atomic mass is 16.4. The molecule has 0 aliphatic carbocycles. The highest BCUT2D eigenvalue weighted by molar-refractivity contribution is 6.01. The van der Waals surface area contributed by atoms with E-state index in [9.17, 15) is 9.59 Å². The van der Waals surface area contributed by atoms with Gasteiger partial charge in [-0.15, -0.1) is 0 Å². The van der Waals surface area contributed by atoms with Gasteiger partial charge < -0.3 is 15.7 Å². The summed E-state index contributed by atoms with van der Waals surface area (Å²) in [5.41, 5.74) is 3.17. The largest absolute Gasteiger partial charge is 0.478 e. The Morgan fingerprint density at radius 3 is 2.24 bits per heavy atom. The van der Waals surface area contributed by atoms with E-state index in [1.54, 1.807) is 25.1 Å². The van der Waals surface area contributed by atoms with E-state index < -0.39 is 12.0 Å². The number of benzene rings is 2. The average molecular weight is 284 g/mol. The van der Waals surface area contributed by atoms with E-state index in [2.05, 4.69) is 10.6 Å². The molecule has 0 fully saturated rings. The fourth-order valence-corrected chi connectivity index (χ4v) is 1.81. The molecule has 0 radical (unpaired) electrons. The molecule has 0 heterocycles. The van der Waals surface area contributed by atoms with Crippen LogP contribution in [0.5, 0.6) is 0 Å². The summed E-state index contributed by atoms with van der Waals surface area (Å²) >= 11 is 0. The van der Waals surface area contributed by atoms with Crippen LogP contribution in [-0.2, 0) is 0 Å². The Bertz CT molecular complexity index is 678. The molecule has 0 atom stereocenters. The van der Waals surface area contributed by atoms with Gasteiger partial charge in [-0.05, 0) is 43.7 Å². The first kappa shape index (κ1) is 14.6. The monoisotopic (exact) mass is 284 g/mol. The van der Waals surface area contributed by atoms with Crippen LogP contribution < -0.4 is 10.6 Å². The van der Waals surface area contributed by atoms with Crippen LogP contribution in [0.15, 0.2) is 42.5 Å². The number of aryl methyl sites for hydroxylation is 2. The summed E-state index contributed by atoms with van der Waals surface area (Å²) in [6.07, 6.45) is 0. The normalized spacial score (nSPS) is 10.0. The summed E-state index contributed by atoms with van der Waals surface area (Å²) in [6.45, 7) is 3.76. The highest BCUT2D eigenvalue weighted by Gasteiger charge is 2.09. The zero-order chi connectivity index (χ0) is 15.4. The zero-order valence-corrected chi connectivity index (χ0v) is 11.8. The molecule has 0 spiro atoms. The maximum Gasteiger partial charge on any atom is 0.335 e. The van der Waals surface area contributed by atoms with Crippen molar-refractivity contribution in [2.75, 3.05) is 10.6 Å². The van der Waals surface area contributed by atoms with E-state index in [0.717, 1.165) is 11.1 Å². The SMILES string of the molecule is Cc1ccc(NC(=O)Nc2cc(C(=O)O)ccc2C)cc1. The quantitative estimate of drug-likeness (QED) is 0.805. The molecular weight excluding hydrogens is 268 g/mol. The van der Waals surface area contributed by atoms with Crippen LogP contribution in [0.2, 0.25) is 0 Å². The Morgan fingerprint density at radius 1 is 0.952 bits per heavy atom. The lowest BCUT2D eigenvalue weighted by Crippen LogP contribution is -2.20. The van der Waals surface area contributed by atoms with Gasteiger partial charge in [-0.3, -0.25) is 0 Å². The smallest absolute Gasteiger partial charge is 0.335 e. The Labute approximate surface area is 122 Å². The van der Waals surface area contributed by atoms with Gasteiger partial charge in [0.05, 0.1) is 5.56 Å². The van der Waals surface area contributed by atoms with Crippen LogP contribution in [0.4, 0.5) is 16.2 Å². The van der Waals surface area contributed by atoms with Crippen molar-refractivity contribution in [2.24, 2.45) is 0 Å². The number of carboxylic acid groups (broad SMARTS) is 1. The lowest BCUT2D eigenvalue weighted by atomic mass is 10.1. The fraction of sp³-hybridized carbons (Fsp3) is 0.125. The number of hydrogen-bond donors (Lipinski definition) is 3. The number of urea groups is 1. The number of amides is 2. The molecule has 2 rings (SSSR count). The first-order valence-electron chi connectivity index (χ1n) is 6.44. The second-order valence-electron chi connectivity index (χ2n) is 4.78. The molecule has 2 amide bonds. The number of hydrogen-bond acceptors (Lipinski definition) is 2. The summed E-state index contributed by atoms with van der Waals surface area (Å²) < 4.78 is 0. The minimum atomic E-state index is -1.03. The molecule has 5 nitrogen and oxygen atoms in total. The van der Waals surface area contributed by atoms with Crippen LogP contribution in [0.25, 0.3) is 0 Å². The first-order valence-corrected chi connectivity index (χ1v) is 6.44. The molecule has 21 heavy (non-hydrogen) atoms. The highest BCUT2D eigenvalue weighted by Crippen LogP contribution is 2.17. The lowest BCUT2D eigenvalue weighted by Gasteiger charge is -2.11. The standard InChI is InChI=1S/C16H16N2O3/c1-10-3-7-13(8-4-10)17-16(21)18-14-9-12(15(19)20)6-5-11(14)2/h3-9H,1-2H3,(H,19,20)(H2,17,18,21). The van der Waals surface area contributed by atoms with E-state index in [-0.39, 0.29) is 5.56 Å². The number of carbonyl (C=O) groups is 2. The third kappa shape index (κ3) is 3.82. The third-order valence-electron chi connectivity index (χ3n) is 3.04. The Kier molecular flexibility index (Phi) is 4.23. The van der Waals surface area contributed by atoms with E-state index in [4.69, 9.17) is 5.11 Å². The van der Waals surface area contributed by atoms with Crippen molar-refractivity contribution >= 4 is 23.4 Å². The van der Waals surface area contributed by atoms with Gasteiger partial charge in [0.1, 0.15) is 0 Å². The predicted molar refractivity (Wildman–Crippen MR) is 82.0 cm³/mol. The number of rotatable bonds is 3. The minimum Gasteiger partial charge on any atom is -0.478 e. The van der Waals surface area contributed by atoms with Gasteiger partial charge in [0, 0.05) is 11.4 Å². The van der Waals surface area contributed by atoms with Crippen molar-refractivity contribution in [3.63, 3.8) is 0 Å². The van der Waals surface area contributed by atoms with Gasteiger partial charge in [0.2, 0.25) is 0 Å². The first-order chi connectivity index (χ1) is 9.95. The minimum absolute atomic E-state index is 0.131. The number of anilines is 2. The van der Waals surface area contributed by atoms with Crippen molar-refractivity contribution in [3.05, 3.63) is 59.2 Å². The van der Waals surface area contributed by atoms with Crippen molar-refractivity contribution in [2.45, 2.75) is 13.8 Å². The topological polar surface area (TPSA) is 78.4 Å². The molecular formula is C16H16N2O3. The number of nitrogens with one attached hydrogen (secondary N) is 2. The zero-order valence-electron chi connectivity index (χ0n) is 11.8. The van der Waals surface area contributed by atoms with Crippen LogP contribution >= 0.6 is 0 Å². The summed E-state index contributed by atoms with van der Waals surface area (Å²) in [5, 5.41) is 14.3. The molecule has 0 unspecified atom stereocenters. The van der Waals surface area contributed by atoms with Gasteiger partial charge in [-0.2, -0.15) is 0 Å². The van der Waals surface area contributed by atoms with Gasteiger partial charge in [-0.1, -0.05) is 23.8 Å². The maximum atomic E-state index is 11.9. The van der Waals surface area contributed by atoms with E-state index in [1.165, 1.54) is 12.1 Å². The van der Waals surface area contributed by atoms with E-state index in [0.29, 0.717) is 11.4 Å². The molecule has 0 aliphatic rings. The third-order valence-corrected chi connectivity index (χ3v) is 3.04. The Morgan fingerprint density at radius 2 is 1.62 bits per heavy atom. The molecule has 2 aromatic rings. The second-order valence-corrected chi connectivity index (χ2v) is 4.78. The van der Waals surface area contributed by atoms with Gasteiger partial charge in [-0.25, -0.2) is 9.59 Å². The fourth-order valence-electron chi connectivity index (χ4n) is 1.81. The molecule has 108 valence electrons. The van der Waals surface area contributed by atoms with Gasteiger partial charge in [0.25, 0.3) is 0 Å². The molecule has 0 aromatic heterocycles. The molecule has 0 saturated carbocycles. The molecule has 3 N–H and O–H groups in total. The van der Waals surface area contributed by atoms with Crippen LogP contribution in [0, 0.1) is 13.8 Å². The molecule has 5 heteroatoms. The molecule has 0 aliphatic heterocycles. The van der Waals surface area contributed by atoms with Crippen molar-refractivity contribution in [1.29, 1.82) is 0 Å². The van der Waals surface area contributed by atoms with Crippen LogP contribution in [0.3, 0.4) is 0 Å². The summed E-state index contributed by atoms with van der Waals surface area (Å²) in [5.74, 6) is -1.03. The molecule has 0 bridgehead atoms. The summed E-state index contributed by atoms with van der Waals surface area (Å²) in [6, 6.07) is 11.6. The number of carboxylic acids is 1. The van der Waals surface area contributed by atoms with Crippen LogP contribution in [-0.4, -0.2) is 17.1 Å². The van der Waals surface area contributed by atoms with Crippen LogP contribution in [0.1, 0.15) is 21.5 Å². The summed E-state index contributed by atoms with van der Waals surface area (Å²) in [7, 11) is 0. The number of aromatic carboxylic acids is 1. The second kappa shape index (κ2) is 6.09. The van der Waals surface area contributed by atoms with Gasteiger partial charge in [0.15, 0.2) is 0 Å². The maximum absolute atomic E-state index is 11.9. The molecule has 0 saturated heterocycles. The van der Waals surface area contributed by atoms with Crippen molar-refractivity contribution < 1.29 is 14.7 Å². The number of carbonyl (C=O) groups excluding carboxylic acids is 1. The van der Waals surface area contributed by atoms with E-state index >= 15 is 0 Å². The van der Waals surface area contributed by atoms with Crippen molar-refractivity contribution in [1.82, 2.24) is 0 Å². The van der Waals surface area contributed by atoms with E-state index in [1.807, 2.05) is 19.1 Å². The predicted octanol–water partition coefficient (Wildman–Crippen LogP) is 3.65. The lowest BCUT2D eigenvalue weighted by molar-refractivity contribution is 0.0697. The Hall–Kier alpha value is -2.82. The van der Waals surface area contributed by atoms with Gasteiger partial charge >= 0.3 is 12.0 Å². The summed E-state index contributed by atoms with van der Waals surface area (Å²) in [4.78, 5) is 22.9.